The first-order chi connectivity index (χ1) is 15.5. The number of nitrogens with one attached hydrogen (secondary N) is 1. The van der Waals surface area contributed by atoms with Crippen LogP contribution in [0.25, 0.3) is 10.9 Å². The predicted octanol–water partition coefficient (Wildman–Crippen LogP) is 3.78. The number of phenolic OH excluding ortho intramolecular Hbond substituents is 1. The van der Waals surface area contributed by atoms with Crippen LogP contribution in [0.15, 0.2) is 49.3 Å². The Morgan fingerprint density at radius 2 is 2.03 bits per heavy atom. The Morgan fingerprint density at radius 3 is 2.72 bits per heavy atom. The monoisotopic (exact) mass is 438 g/mol. The summed E-state index contributed by atoms with van der Waals surface area (Å²) in [4.78, 5) is 22.1. The number of halogens is 1. The van der Waals surface area contributed by atoms with E-state index in [0.29, 0.717) is 59.8 Å². The lowest BCUT2D eigenvalue weighted by molar-refractivity contribution is -0.127. The first kappa shape index (κ1) is 21.4. The molecule has 2 N–H and O–H groups in total. The number of aromatic hydroxyl groups is 1. The average Bonchev–Trinajstić information content (AvgIpc) is 2.81. The lowest BCUT2D eigenvalue weighted by Crippen LogP contribution is -2.41. The summed E-state index contributed by atoms with van der Waals surface area (Å²) in [7, 11) is 1.55. The van der Waals surface area contributed by atoms with Gasteiger partial charge in [-0.1, -0.05) is 6.58 Å². The molecule has 0 saturated carbocycles. The van der Waals surface area contributed by atoms with Crippen LogP contribution in [0.2, 0.25) is 0 Å². The van der Waals surface area contributed by atoms with Gasteiger partial charge in [0.25, 0.3) is 0 Å². The standard InChI is InChI=1S/C23H23FN4O4/c1-3-22(30)28-8-6-15(7-9-28)32-21-11-16-18(12-20(21)31-2)25-13-26-23(16)27-14-4-5-19(29)17(24)10-14/h3-5,10-13,15,29H,1,6-9H2,2H3,(H,25,26,27). The van der Waals surface area contributed by atoms with E-state index < -0.39 is 11.6 Å². The Bertz CT molecular complexity index is 1160. The first-order valence-corrected chi connectivity index (χ1v) is 10.1. The summed E-state index contributed by atoms with van der Waals surface area (Å²) in [5.74, 6) is 0.277. The zero-order chi connectivity index (χ0) is 22.7. The van der Waals surface area contributed by atoms with Crippen LogP contribution in [0.3, 0.4) is 0 Å². The van der Waals surface area contributed by atoms with E-state index in [0.717, 1.165) is 0 Å². The average molecular weight is 438 g/mol. The van der Waals surface area contributed by atoms with Crippen molar-refractivity contribution in [3.63, 3.8) is 0 Å². The van der Waals surface area contributed by atoms with E-state index in [1.807, 2.05) is 0 Å². The van der Waals surface area contributed by atoms with Crippen LogP contribution >= 0.6 is 0 Å². The molecule has 9 heteroatoms. The third-order valence-corrected chi connectivity index (χ3v) is 5.35. The number of likely N-dealkylation sites (tertiary alicyclic amines) is 1. The van der Waals surface area contributed by atoms with Crippen molar-refractivity contribution in [1.29, 1.82) is 0 Å². The van der Waals surface area contributed by atoms with Crippen molar-refractivity contribution in [2.45, 2.75) is 18.9 Å². The maximum absolute atomic E-state index is 13.7. The molecule has 2 heterocycles. The molecule has 0 radical (unpaired) electrons. The number of anilines is 2. The molecule has 0 aliphatic carbocycles. The van der Waals surface area contributed by atoms with Crippen molar-refractivity contribution in [2.75, 3.05) is 25.5 Å². The smallest absolute Gasteiger partial charge is 0.245 e. The summed E-state index contributed by atoms with van der Waals surface area (Å²) in [6, 6.07) is 7.54. The molecule has 1 aliphatic heterocycles. The summed E-state index contributed by atoms with van der Waals surface area (Å²) in [5, 5.41) is 13.1. The van der Waals surface area contributed by atoms with Crippen LogP contribution in [0.1, 0.15) is 12.8 Å². The SMILES string of the molecule is C=CC(=O)N1CCC(Oc2cc3c(Nc4ccc(O)c(F)c4)ncnc3cc2OC)CC1. The summed E-state index contributed by atoms with van der Waals surface area (Å²) >= 11 is 0. The topological polar surface area (TPSA) is 96.8 Å². The highest BCUT2D eigenvalue weighted by atomic mass is 19.1. The van der Waals surface area contributed by atoms with E-state index in [-0.39, 0.29) is 12.0 Å². The maximum atomic E-state index is 13.7. The molecule has 0 unspecified atom stereocenters. The summed E-state index contributed by atoms with van der Waals surface area (Å²) in [5.41, 5.74) is 1.05. The number of methoxy groups -OCH3 is 1. The Hall–Kier alpha value is -3.88. The minimum absolute atomic E-state index is 0.0785. The Labute approximate surface area is 184 Å². The van der Waals surface area contributed by atoms with Crippen LogP contribution in [0, 0.1) is 5.82 Å². The number of carbonyl (C=O) groups excluding carboxylic acids is 1. The normalized spacial score (nSPS) is 14.2. The fourth-order valence-electron chi connectivity index (χ4n) is 3.64. The molecule has 0 atom stereocenters. The zero-order valence-corrected chi connectivity index (χ0v) is 17.5. The van der Waals surface area contributed by atoms with Gasteiger partial charge in [-0.05, 0) is 24.3 Å². The zero-order valence-electron chi connectivity index (χ0n) is 17.5. The number of rotatable bonds is 6. The number of hydrogen-bond donors (Lipinski definition) is 2. The molecule has 1 saturated heterocycles. The van der Waals surface area contributed by atoms with E-state index in [1.54, 1.807) is 30.2 Å². The van der Waals surface area contributed by atoms with Gasteiger partial charge in [-0.3, -0.25) is 4.79 Å². The largest absolute Gasteiger partial charge is 0.505 e. The van der Waals surface area contributed by atoms with Crippen LogP contribution in [-0.4, -0.2) is 52.2 Å². The first-order valence-electron chi connectivity index (χ1n) is 10.1. The molecule has 0 bridgehead atoms. The lowest BCUT2D eigenvalue weighted by Gasteiger charge is -2.31. The number of nitrogens with zero attached hydrogens (tertiary/aromatic N) is 3. The molecule has 1 amide bonds. The van der Waals surface area contributed by atoms with Crippen LogP contribution in [0.5, 0.6) is 17.2 Å². The summed E-state index contributed by atoms with van der Waals surface area (Å²) in [6.07, 6.45) is 4.01. The van der Waals surface area contributed by atoms with Crippen molar-refractivity contribution in [3.05, 3.63) is 55.1 Å². The second kappa shape index (κ2) is 9.09. The molecular formula is C23H23FN4O4. The van der Waals surface area contributed by atoms with E-state index in [2.05, 4.69) is 21.9 Å². The van der Waals surface area contributed by atoms with Crippen molar-refractivity contribution in [3.8, 4) is 17.2 Å². The quantitative estimate of drug-likeness (QED) is 0.447. The lowest BCUT2D eigenvalue weighted by atomic mass is 10.1. The van der Waals surface area contributed by atoms with Gasteiger partial charge >= 0.3 is 0 Å². The van der Waals surface area contributed by atoms with Gasteiger partial charge in [0.15, 0.2) is 23.1 Å². The van der Waals surface area contributed by atoms with E-state index in [9.17, 15) is 14.3 Å². The predicted molar refractivity (Wildman–Crippen MR) is 118 cm³/mol. The van der Waals surface area contributed by atoms with Gasteiger partial charge in [-0.2, -0.15) is 0 Å². The highest BCUT2D eigenvalue weighted by molar-refractivity contribution is 5.93. The van der Waals surface area contributed by atoms with Gasteiger partial charge in [-0.25, -0.2) is 14.4 Å². The number of benzene rings is 2. The third-order valence-electron chi connectivity index (χ3n) is 5.35. The highest BCUT2D eigenvalue weighted by Crippen LogP contribution is 2.36. The van der Waals surface area contributed by atoms with Gasteiger partial charge in [0.2, 0.25) is 5.91 Å². The van der Waals surface area contributed by atoms with Crippen molar-refractivity contribution in [2.24, 2.45) is 0 Å². The second-order valence-corrected chi connectivity index (χ2v) is 7.38. The summed E-state index contributed by atoms with van der Waals surface area (Å²) in [6.45, 7) is 4.71. The fraction of sp³-hybridized carbons (Fsp3) is 0.261. The van der Waals surface area contributed by atoms with Crippen LogP contribution < -0.4 is 14.8 Å². The van der Waals surface area contributed by atoms with Crippen molar-refractivity contribution in [1.82, 2.24) is 14.9 Å². The van der Waals surface area contributed by atoms with E-state index in [1.165, 1.54) is 24.5 Å². The number of fused-ring (bicyclic) bond motifs is 1. The van der Waals surface area contributed by atoms with E-state index in [4.69, 9.17) is 9.47 Å². The molecule has 2 aromatic carbocycles. The Morgan fingerprint density at radius 1 is 1.25 bits per heavy atom. The number of ether oxygens (including phenoxy) is 2. The van der Waals surface area contributed by atoms with Gasteiger partial charge in [0.1, 0.15) is 18.2 Å². The molecule has 8 nitrogen and oxygen atoms in total. The van der Waals surface area contributed by atoms with Crippen molar-refractivity contribution >= 4 is 28.3 Å². The minimum atomic E-state index is -0.736. The number of carbonyl (C=O) groups is 1. The Kier molecular flexibility index (Phi) is 6.07. The highest BCUT2D eigenvalue weighted by Gasteiger charge is 2.24. The minimum Gasteiger partial charge on any atom is -0.505 e. The van der Waals surface area contributed by atoms with Gasteiger partial charge in [-0.15, -0.1) is 0 Å². The molecule has 32 heavy (non-hydrogen) atoms. The molecule has 3 aromatic rings. The third kappa shape index (κ3) is 4.41. The molecule has 0 spiro atoms. The van der Waals surface area contributed by atoms with E-state index >= 15 is 0 Å². The molecule has 1 aromatic heterocycles. The Balaban J connectivity index is 1.60. The van der Waals surface area contributed by atoms with Crippen molar-refractivity contribution < 1.29 is 23.8 Å². The second-order valence-electron chi connectivity index (χ2n) is 7.38. The fourth-order valence-corrected chi connectivity index (χ4v) is 3.64. The molecular weight excluding hydrogens is 415 g/mol. The molecule has 4 rings (SSSR count). The van der Waals surface area contributed by atoms with Crippen LogP contribution in [0.4, 0.5) is 15.9 Å². The number of hydrogen-bond acceptors (Lipinski definition) is 7. The number of aromatic nitrogens is 2. The molecule has 1 aliphatic rings. The maximum Gasteiger partial charge on any atom is 0.245 e. The van der Waals surface area contributed by atoms with Crippen LogP contribution in [-0.2, 0) is 4.79 Å². The van der Waals surface area contributed by atoms with Gasteiger partial charge in [0, 0.05) is 49.1 Å². The number of phenols is 1. The molecule has 1 fully saturated rings. The molecule has 166 valence electrons. The number of piperidine rings is 1. The van der Waals surface area contributed by atoms with Gasteiger partial charge in [0.05, 0.1) is 12.6 Å². The number of amides is 1. The summed E-state index contributed by atoms with van der Waals surface area (Å²) < 4.78 is 25.4. The van der Waals surface area contributed by atoms with Gasteiger partial charge < -0.3 is 24.8 Å².